The van der Waals surface area contributed by atoms with E-state index in [-0.39, 0.29) is 5.91 Å². The smallest absolute Gasteiger partial charge is 0.228 e. The van der Waals surface area contributed by atoms with Crippen molar-refractivity contribution in [1.82, 2.24) is 4.98 Å². The molecule has 3 aromatic carbocycles. The number of carbonyl (C=O) groups is 1. The van der Waals surface area contributed by atoms with Gasteiger partial charge < -0.3 is 10.1 Å². The number of anilines is 1. The third-order valence-corrected chi connectivity index (χ3v) is 4.63. The van der Waals surface area contributed by atoms with Gasteiger partial charge in [0.1, 0.15) is 5.75 Å². The number of aromatic nitrogens is 1. The fourth-order valence-corrected chi connectivity index (χ4v) is 3.29. The number of pyridine rings is 1. The molecule has 0 saturated carbocycles. The molecule has 0 atom stereocenters. The lowest BCUT2D eigenvalue weighted by atomic mass is 10.1. The zero-order valence-corrected chi connectivity index (χ0v) is 16.3. The highest BCUT2D eigenvalue weighted by Crippen LogP contribution is 2.32. The second kappa shape index (κ2) is 8.57. The van der Waals surface area contributed by atoms with Crippen LogP contribution in [0.1, 0.15) is 12.5 Å². The van der Waals surface area contributed by atoms with Crippen LogP contribution in [-0.2, 0) is 11.2 Å². The first-order chi connectivity index (χ1) is 14.2. The van der Waals surface area contributed by atoms with E-state index in [2.05, 4.69) is 5.32 Å². The SMILES string of the molecule is CCOc1cc(-c2ccccc2)nc2ccc(NC(=O)Cc3ccccc3)cc12. The summed E-state index contributed by atoms with van der Waals surface area (Å²) >= 11 is 0. The van der Waals surface area contributed by atoms with Crippen molar-refractivity contribution >= 4 is 22.5 Å². The van der Waals surface area contributed by atoms with Crippen LogP contribution in [0.25, 0.3) is 22.2 Å². The van der Waals surface area contributed by atoms with E-state index in [1.807, 2.05) is 91.9 Å². The van der Waals surface area contributed by atoms with Crippen LogP contribution >= 0.6 is 0 Å². The van der Waals surface area contributed by atoms with Crippen molar-refractivity contribution in [3.05, 3.63) is 90.5 Å². The number of fused-ring (bicyclic) bond motifs is 1. The maximum Gasteiger partial charge on any atom is 0.228 e. The Morgan fingerprint density at radius 3 is 2.38 bits per heavy atom. The van der Waals surface area contributed by atoms with Gasteiger partial charge in [-0.1, -0.05) is 60.7 Å². The Morgan fingerprint density at radius 2 is 1.66 bits per heavy atom. The molecule has 1 heterocycles. The van der Waals surface area contributed by atoms with Crippen molar-refractivity contribution in [2.24, 2.45) is 0 Å². The van der Waals surface area contributed by atoms with E-state index in [0.717, 1.165) is 39.2 Å². The minimum absolute atomic E-state index is 0.0534. The first-order valence-electron chi connectivity index (χ1n) is 9.70. The van der Waals surface area contributed by atoms with Crippen LogP contribution < -0.4 is 10.1 Å². The number of ether oxygens (including phenoxy) is 1. The third-order valence-electron chi connectivity index (χ3n) is 4.63. The molecule has 0 bridgehead atoms. The molecule has 0 aliphatic carbocycles. The molecule has 144 valence electrons. The predicted octanol–water partition coefficient (Wildman–Crippen LogP) is 5.48. The Bertz CT molecular complexity index is 1130. The molecule has 0 aliphatic heterocycles. The number of nitrogens with one attached hydrogen (secondary N) is 1. The van der Waals surface area contributed by atoms with Gasteiger partial charge in [-0.05, 0) is 30.7 Å². The summed E-state index contributed by atoms with van der Waals surface area (Å²) in [5.41, 5.74) is 4.44. The number of hydrogen-bond acceptors (Lipinski definition) is 3. The Kier molecular flexibility index (Phi) is 5.52. The van der Waals surface area contributed by atoms with Gasteiger partial charge in [-0.25, -0.2) is 4.98 Å². The van der Waals surface area contributed by atoms with Gasteiger partial charge in [-0.15, -0.1) is 0 Å². The minimum Gasteiger partial charge on any atom is -0.493 e. The predicted molar refractivity (Wildman–Crippen MR) is 117 cm³/mol. The van der Waals surface area contributed by atoms with Gasteiger partial charge in [-0.3, -0.25) is 4.79 Å². The number of nitrogens with zero attached hydrogens (tertiary/aromatic N) is 1. The first kappa shape index (κ1) is 18.7. The van der Waals surface area contributed by atoms with E-state index in [4.69, 9.17) is 9.72 Å². The van der Waals surface area contributed by atoms with Crippen molar-refractivity contribution < 1.29 is 9.53 Å². The van der Waals surface area contributed by atoms with Gasteiger partial charge >= 0.3 is 0 Å². The molecule has 0 unspecified atom stereocenters. The first-order valence-corrected chi connectivity index (χ1v) is 9.70. The Balaban J connectivity index is 1.64. The fraction of sp³-hybridized carbons (Fsp3) is 0.120. The van der Waals surface area contributed by atoms with Crippen LogP contribution in [0, 0.1) is 0 Å². The summed E-state index contributed by atoms with van der Waals surface area (Å²) < 4.78 is 5.88. The van der Waals surface area contributed by atoms with Crippen molar-refractivity contribution in [2.45, 2.75) is 13.3 Å². The van der Waals surface area contributed by atoms with Crippen molar-refractivity contribution in [1.29, 1.82) is 0 Å². The lowest BCUT2D eigenvalue weighted by molar-refractivity contribution is -0.115. The highest BCUT2D eigenvalue weighted by Gasteiger charge is 2.11. The molecule has 1 amide bonds. The normalized spacial score (nSPS) is 10.7. The van der Waals surface area contributed by atoms with Crippen LogP contribution in [0.4, 0.5) is 5.69 Å². The Hall–Kier alpha value is -3.66. The van der Waals surface area contributed by atoms with Gasteiger partial charge in [0, 0.05) is 22.7 Å². The fourth-order valence-electron chi connectivity index (χ4n) is 3.29. The summed E-state index contributed by atoms with van der Waals surface area (Å²) in [6, 6.07) is 27.4. The van der Waals surface area contributed by atoms with Gasteiger partial charge in [0.05, 0.1) is 24.2 Å². The molecule has 0 aliphatic rings. The summed E-state index contributed by atoms with van der Waals surface area (Å²) in [6.07, 6.45) is 0.336. The largest absolute Gasteiger partial charge is 0.493 e. The summed E-state index contributed by atoms with van der Waals surface area (Å²) in [5.74, 6) is 0.706. The van der Waals surface area contributed by atoms with Crippen LogP contribution in [0.3, 0.4) is 0 Å². The van der Waals surface area contributed by atoms with Crippen molar-refractivity contribution in [3.8, 4) is 17.0 Å². The molecule has 4 aromatic rings. The molecule has 4 nitrogen and oxygen atoms in total. The van der Waals surface area contributed by atoms with Gasteiger partial charge in [0.25, 0.3) is 0 Å². The van der Waals surface area contributed by atoms with Crippen molar-refractivity contribution in [3.63, 3.8) is 0 Å². The van der Waals surface area contributed by atoms with Crippen LogP contribution in [-0.4, -0.2) is 17.5 Å². The summed E-state index contributed by atoms with van der Waals surface area (Å²) in [7, 11) is 0. The standard InChI is InChI=1S/C25H22N2O2/c1-2-29-24-17-23(19-11-7-4-8-12-19)27-22-14-13-20(16-21(22)24)26-25(28)15-18-9-5-3-6-10-18/h3-14,16-17H,2,15H2,1H3,(H,26,28). The molecule has 0 saturated heterocycles. The molecule has 29 heavy (non-hydrogen) atoms. The monoisotopic (exact) mass is 382 g/mol. The summed E-state index contributed by atoms with van der Waals surface area (Å²) in [6.45, 7) is 2.51. The maximum absolute atomic E-state index is 12.4. The second-order valence-electron chi connectivity index (χ2n) is 6.75. The molecule has 4 rings (SSSR count). The van der Waals surface area contributed by atoms with Crippen LogP contribution in [0.5, 0.6) is 5.75 Å². The quantitative estimate of drug-likeness (QED) is 0.480. The average Bonchev–Trinajstić information content (AvgIpc) is 2.75. The molecule has 1 aromatic heterocycles. The Morgan fingerprint density at radius 1 is 0.931 bits per heavy atom. The summed E-state index contributed by atoms with van der Waals surface area (Å²) in [4.78, 5) is 17.2. The molecular formula is C25H22N2O2. The van der Waals surface area contributed by atoms with Gasteiger partial charge in [0.15, 0.2) is 0 Å². The van der Waals surface area contributed by atoms with Gasteiger partial charge in [-0.2, -0.15) is 0 Å². The zero-order valence-electron chi connectivity index (χ0n) is 16.3. The van der Waals surface area contributed by atoms with Crippen molar-refractivity contribution in [2.75, 3.05) is 11.9 Å². The molecule has 0 fully saturated rings. The highest BCUT2D eigenvalue weighted by molar-refractivity contribution is 5.96. The van der Waals surface area contributed by atoms with E-state index >= 15 is 0 Å². The van der Waals surface area contributed by atoms with E-state index in [1.165, 1.54) is 0 Å². The lowest BCUT2D eigenvalue weighted by Gasteiger charge is -2.12. The van der Waals surface area contributed by atoms with E-state index in [9.17, 15) is 4.79 Å². The third kappa shape index (κ3) is 4.43. The van der Waals surface area contributed by atoms with E-state index < -0.39 is 0 Å². The van der Waals surface area contributed by atoms with Gasteiger partial charge in [0.2, 0.25) is 5.91 Å². The van der Waals surface area contributed by atoms with Crippen LogP contribution in [0.15, 0.2) is 84.9 Å². The number of amides is 1. The maximum atomic E-state index is 12.4. The average molecular weight is 382 g/mol. The highest BCUT2D eigenvalue weighted by atomic mass is 16.5. The zero-order chi connectivity index (χ0) is 20.1. The van der Waals surface area contributed by atoms with E-state index in [0.29, 0.717) is 13.0 Å². The van der Waals surface area contributed by atoms with E-state index in [1.54, 1.807) is 0 Å². The van der Waals surface area contributed by atoms with Crippen LogP contribution in [0.2, 0.25) is 0 Å². The topological polar surface area (TPSA) is 51.2 Å². The molecule has 0 spiro atoms. The second-order valence-corrected chi connectivity index (χ2v) is 6.75. The molecular weight excluding hydrogens is 360 g/mol. The number of benzene rings is 3. The molecule has 4 heteroatoms. The minimum atomic E-state index is -0.0534. The molecule has 0 radical (unpaired) electrons. The summed E-state index contributed by atoms with van der Waals surface area (Å²) in [5, 5.41) is 3.85. The number of carbonyl (C=O) groups excluding carboxylic acids is 1. The lowest BCUT2D eigenvalue weighted by Crippen LogP contribution is -2.14. The molecule has 1 N–H and O–H groups in total. The Labute approximate surface area is 170 Å². The number of rotatable bonds is 6. The number of hydrogen-bond donors (Lipinski definition) is 1.